The van der Waals surface area contributed by atoms with E-state index in [1.54, 1.807) is 0 Å². The zero-order chi connectivity index (χ0) is 23.5. The van der Waals surface area contributed by atoms with Crippen molar-refractivity contribution in [2.45, 2.75) is 24.1 Å². The van der Waals surface area contributed by atoms with Crippen molar-refractivity contribution in [1.29, 1.82) is 0 Å². The number of carbonyl (C=O) groups is 1. The van der Waals surface area contributed by atoms with Crippen molar-refractivity contribution in [3.05, 3.63) is 90.5 Å². The number of aryl methyl sites for hydroxylation is 1. The summed E-state index contributed by atoms with van der Waals surface area (Å²) >= 11 is 1.39. The number of ether oxygens (including phenoxy) is 1. The van der Waals surface area contributed by atoms with Gasteiger partial charge < -0.3 is 9.64 Å². The highest BCUT2D eigenvalue weighted by Crippen LogP contribution is 2.41. The molecule has 5 rings (SSSR count). The van der Waals surface area contributed by atoms with Crippen molar-refractivity contribution in [3.63, 3.8) is 0 Å². The number of para-hydroxylation sites is 1. The first kappa shape index (κ1) is 22.7. The summed E-state index contributed by atoms with van der Waals surface area (Å²) in [5.41, 5.74) is 1.89. The quantitative estimate of drug-likeness (QED) is 0.496. The van der Waals surface area contributed by atoms with Crippen LogP contribution < -0.4 is 9.64 Å². The predicted octanol–water partition coefficient (Wildman–Crippen LogP) is 4.71. The van der Waals surface area contributed by atoms with Gasteiger partial charge in [0.05, 0.1) is 17.5 Å². The number of hydrogen-bond donors (Lipinski definition) is 0. The molecular formula is C26H24N2O4S2. The van der Waals surface area contributed by atoms with Gasteiger partial charge in [-0.3, -0.25) is 4.79 Å². The SMILES string of the molecule is O=C(CCc1ccccc1)N=C1S[C@@H]2CS(=O)(=O)C[C@H]2N1c1ccc(Oc2ccccc2)cc1. The number of benzene rings is 3. The number of carbonyl (C=O) groups excluding carboxylic acids is 1. The summed E-state index contributed by atoms with van der Waals surface area (Å²) in [6.45, 7) is 0. The molecule has 34 heavy (non-hydrogen) atoms. The van der Waals surface area contributed by atoms with Gasteiger partial charge >= 0.3 is 0 Å². The van der Waals surface area contributed by atoms with Gasteiger partial charge in [-0.25, -0.2) is 8.42 Å². The Kier molecular flexibility index (Phi) is 6.43. The molecule has 6 nitrogen and oxygen atoms in total. The highest BCUT2D eigenvalue weighted by molar-refractivity contribution is 8.16. The average molecular weight is 493 g/mol. The third-order valence-corrected chi connectivity index (χ3v) is 9.06. The fourth-order valence-electron chi connectivity index (χ4n) is 4.22. The lowest BCUT2D eigenvalue weighted by molar-refractivity contribution is -0.117. The molecule has 0 aromatic heterocycles. The molecule has 2 aliphatic heterocycles. The normalized spacial score (nSPS) is 22.0. The van der Waals surface area contributed by atoms with Crippen LogP contribution in [0.15, 0.2) is 89.9 Å². The van der Waals surface area contributed by atoms with Crippen LogP contribution >= 0.6 is 11.8 Å². The molecule has 3 aromatic rings. The average Bonchev–Trinajstić information content (AvgIpc) is 3.30. The van der Waals surface area contributed by atoms with Gasteiger partial charge in [0.1, 0.15) is 11.5 Å². The second-order valence-electron chi connectivity index (χ2n) is 8.35. The van der Waals surface area contributed by atoms with Crippen molar-refractivity contribution < 1.29 is 17.9 Å². The van der Waals surface area contributed by atoms with E-state index in [-0.39, 0.29) is 28.7 Å². The first-order valence-electron chi connectivity index (χ1n) is 11.1. The lowest BCUT2D eigenvalue weighted by Gasteiger charge is -2.24. The topological polar surface area (TPSA) is 76.0 Å². The molecule has 3 aromatic carbocycles. The van der Waals surface area contributed by atoms with Crippen LogP contribution in [-0.2, 0) is 21.1 Å². The summed E-state index contributed by atoms with van der Waals surface area (Å²) in [6.07, 6.45) is 0.924. The molecule has 2 fully saturated rings. The van der Waals surface area contributed by atoms with Gasteiger partial charge in [0.15, 0.2) is 15.0 Å². The molecule has 0 bridgehead atoms. The van der Waals surface area contributed by atoms with Crippen LogP contribution in [-0.4, -0.2) is 42.3 Å². The second-order valence-corrected chi connectivity index (χ2v) is 11.7. The Labute approximate surface area is 203 Å². The van der Waals surface area contributed by atoms with Gasteiger partial charge in [0.2, 0.25) is 5.91 Å². The zero-order valence-electron chi connectivity index (χ0n) is 18.4. The van der Waals surface area contributed by atoms with E-state index in [4.69, 9.17) is 4.74 Å². The summed E-state index contributed by atoms with van der Waals surface area (Å²) in [7, 11) is -3.12. The van der Waals surface area contributed by atoms with Crippen LogP contribution in [0.3, 0.4) is 0 Å². The minimum absolute atomic E-state index is 0.0597. The monoisotopic (exact) mass is 492 g/mol. The first-order chi connectivity index (χ1) is 16.5. The summed E-state index contributed by atoms with van der Waals surface area (Å²) in [5.74, 6) is 1.37. The number of amides is 1. The third-order valence-electron chi connectivity index (χ3n) is 5.85. The fourth-order valence-corrected chi connectivity index (χ4v) is 8.16. The van der Waals surface area contributed by atoms with Crippen LogP contribution in [0.5, 0.6) is 11.5 Å². The van der Waals surface area contributed by atoms with Crippen LogP contribution in [0, 0.1) is 0 Å². The molecule has 2 heterocycles. The van der Waals surface area contributed by atoms with E-state index < -0.39 is 9.84 Å². The molecule has 8 heteroatoms. The number of sulfone groups is 1. The highest BCUT2D eigenvalue weighted by atomic mass is 32.2. The molecule has 0 radical (unpaired) electrons. The largest absolute Gasteiger partial charge is 0.457 e. The van der Waals surface area contributed by atoms with E-state index >= 15 is 0 Å². The van der Waals surface area contributed by atoms with E-state index in [0.717, 1.165) is 17.0 Å². The van der Waals surface area contributed by atoms with Crippen LogP contribution in [0.4, 0.5) is 5.69 Å². The molecule has 0 saturated carbocycles. The Morgan fingerprint density at radius 2 is 1.56 bits per heavy atom. The summed E-state index contributed by atoms with van der Waals surface area (Å²) in [6, 6.07) is 26.6. The number of thioether (sulfide) groups is 1. The number of hydrogen-bond acceptors (Lipinski definition) is 5. The van der Waals surface area contributed by atoms with Gasteiger partial charge in [-0.15, -0.1) is 0 Å². The number of aliphatic imine (C=N–C) groups is 1. The molecule has 2 aliphatic rings. The number of nitrogens with zero attached hydrogens (tertiary/aromatic N) is 2. The number of amidine groups is 1. The molecule has 0 aliphatic carbocycles. The van der Waals surface area contributed by atoms with E-state index in [9.17, 15) is 13.2 Å². The maximum absolute atomic E-state index is 12.7. The zero-order valence-corrected chi connectivity index (χ0v) is 20.0. The van der Waals surface area contributed by atoms with Crippen molar-refractivity contribution in [2.24, 2.45) is 4.99 Å². The minimum atomic E-state index is -3.12. The second kappa shape index (κ2) is 9.64. The fraction of sp³-hybridized carbons (Fsp3) is 0.231. The molecule has 2 saturated heterocycles. The molecule has 0 unspecified atom stereocenters. The Morgan fingerprint density at radius 1 is 0.912 bits per heavy atom. The number of anilines is 1. The van der Waals surface area contributed by atoms with E-state index in [1.165, 1.54) is 11.8 Å². The predicted molar refractivity (Wildman–Crippen MR) is 136 cm³/mol. The molecule has 1 amide bonds. The van der Waals surface area contributed by atoms with Crippen molar-refractivity contribution in [1.82, 2.24) is 0 Å². The Balaban J connectivity index is 1.36. The lowest BCUT2D eigenvalue weighted by atomic mass is 10.1. The first-order valence-corrected chi connectivity index (χ1v) is 13.8. The van der Waals surface area contributed by atoms with E-state index in [2.05, 4.69) is 4.99 Å². The number of rotatable bonds is 6. The highest BCUT2D eigenvalue weighted by Gasteiger charge is 2.49. The van der Waals surface area contributed by atoms with E-state index in [1.807, 2.05) is 89.8 Å². The Morgan fingerprint density at radius 3 is 2.26 bits per heavy atom. The maximum atomic E-state index is 12.7. The van der Waals surface area contributed by atoms with Gasteiger partial charge in [-0.05, 0) is 48.4 Å². The van der Waals surface area contributed by atoms with Gasteiger partial charge in [-0.2, -0.15) is 4.99 Å². The molecule has 174 valence electrons. The maximum Gasteiger partial charge on any atom is 0.248 e. The van der Waals surface area contributed by atoms with Crippen LogP contribution in [0.25, 0.3) is 0 Å². The van der Waals surface area contributed by atoms with Gasteiger partial charge in [0.25, 0.3) is 0 Å². The van der Waals surface area contributed by atoms with Crippen molar-refractivity contribution >= 4 is 38.4 Å². The summed E-state index contributed by atoms with van der Waals surface area (Å²) in [5, 5.41) is 0.436. The van der Waals surface area contributed by atoms with Crippen LogP contribution in [0.2, 0.25) is 0 Å². The van der Waals surface area contributed by atoms with Gasteiger partial charge in [-0.1, -0.05) is 60.3 Å². The number of fused-ring (bicyclic) bond motifs is 1. The summed E-state index contributed by atoms with van der Waals surface area (Å²) in [4.78, 5) is 19.0. The molecule has 0 spiro atoms. The van der Waals surface area contributed by atoms with E-state index in [0.29, 0.717) is 23.8 Å². The standard InChI is InChI=1S/C26H24N2O4S2/c29-25(16-11-19-7-3-1-4-8-19)27-26-28(23-17-34(30,31)18-24(23)33-26)20-12-14-22(15-13-20)32-21-9-5-2-6-10-21/h1-10,12-15,23-24H,11,16-18H2/t23-,24-/m1/s1. The Bertz CT molecular complexity index is 1290. The molecule has 2 atom stereocenters. The van der Waals surface area contributed by atoms with Crippen molar-refractivity contribution in [2.75, 3.05) is 16.4 Å². The molecular weight excluding hydrogens is 468 g/mol. The lowest BCUT2D eigenvalue weighted by Crippen LogP contribution is -2.37. The van der Waals surface area contributed by atoms with Crippen molar-refractivity contribution in [3.8, 4) is 11.5 Å². The summed E-state index contributed by atoms with van der Waals surface area (Å²) < 4.78 is 30.5. The minimum Gasteiger partial charge on any atom is -0.457 e. The third kappa shape index (κ3) is 5.18. The molecule has 0 N–H and O–H groups in total. The smallest absolute Gasteiger partial charge is 0.248 e. The Hall–Kier alpha value is -3.10. The van der Waals surface area contributed by atoms with Crippen LogP contribution in [0.1, 0.15) is 12.0 Å². The van der Waals surface area contributed by atoms with Gasteiger partial charge in [0, 0.05) is 17.4 Å².